The molecule has 228 valence electrons. The summed E-state index contributed by atoms with van der Waals surface area (Å²) >= 11 is 0. The lowest BCUT2D eigenvalue weighted by Gasteiger charge is -2.31. The standard InChI is InChI=1S/C30H41N5O7/c1-6-31-30(37)34(12-11-33-13-15-42-16-14-33)20-29(36)35-25(21-7-10-26(39-3)28(17-21)41-5)19-24(32-35)23-9-8-22(38-2)18-27(23)40-4/h7-10,17-18,25H,6,11-16,19-20H2,1-5H3,(H,31,37)/t25-/m1/s1. The molecule has 1 fully saturated rings. The smallest absolute Gasteiger partial charge is 0.317 e. The van der Waals surface area contributed by atoms with E-state index in [1.54, 1.807) is 39.4 Å². The normalized spacial score (nSPS) is 16.9. The Kier molecular flexibility index (Phi) is 10.8. The number of nitrogens with zero attached hydrogens (tertiary/aromatic N) is 4. The summed E-state index contributed by atoms with van der Waals surface area (Å²) in [5, 5.41) is 9.12. The lowest BCUT2D eigenvalue weighted by molar-refractivity contribution is -0.133. The summed E-state index contributed by atoms with van der Waals surface area (Å²) in [6.07, 6.45) is 0.429. The third-order valence-corrected chi connectivity index (χ3v) is 7.41. The molecule has 2 aromatic rings. The monoisotopic (exact) mass is 583 g/mol. The first-order chi connectivity index (χ1) is 20.4. The lowest BCUT2D eigenvalue weighted by atomic mass is 9.97. The highest BCUT2D eigenvalue weighted by atomic mass is 16.5. The maximum atomic E-state index is 14.0. The second-order valence-electron chi connectivity index (χ2n) is 9.90. The number of methoxy groups -OCH3 is 4. The van der Waals surface area contributed by atoms with Gasteiger partial charge in [-0.2, -0.15) is 5.10 Å². The Morgan fingerprint density at radius 2 is 1.71 bits per heavy atom. The molecule has 2 aliphatic rings. The molecule has 0 radical (unpaired) electrons. The van der Waals surface area contributed by atoms with Gasteiger partial charge < -0.3 is 33.9 Å². The molecule has 0 spiro atoms. The molecule has 2 aromatic carbocycles. The summed E-state index contributed by atoms with van der Waals surface area (Å²) in [4.78, 5) is 30.8. The van der Waals surface area contributed by atoms with Crippen molar-refractivity contribution in [1.82, 2.24) is 20.1 Å². The van der Waals surface area contributed by atoms with Gasteiger partial charge >= 0.3 is 6.03 Å². The van der Waals surface area contributed by atoms with Crippen LogP contribution in [0.25, 0.3) is 0 Å². The molecule has 12 heteroatoms. The number of urea groups is 1. The molecule has 1 saturated heterocycles. The van der Waals surface area contributed by atoms with Gasteiger partial charge in [0.15, 0.2) is 11.5 Å². The summed E-state index contributed by atoms with van der Waals surface area (Å²) < 4.78 is 27.4. The predicted molar refractivity (Wildman–Crippen MR) is 158 cm³/mol. The number of carbonyl (C=O) groups is 2. The van der Waals surface area contributed by atoms with E-state index in [0.717, 1.165) is 24.2 Å². The van der Waals surface area contributed by atoms with E-state index in [-0.39, 0.29) is 18.5 Å². The fraction of sp³-hybridized carbons (Fsp3) is 0.500. The van der Waals surface area contributed by atoms with Gasteiger partial charge in [0.1, 0.15) is 18.0 Å². The molecule has 2 heterocycles. The molecule has 3 amide bonds. The summed E-state index contributed by atoms with van der Waals surface area (Å²) in [7, 11) is 6.32. The Bertz CT molecular complexity index is 1260. The quantitative estimate of drug-likeness (QED) is 0.406. The van der Waals surface area contributed by atoms with Gasteiger partial charge in [-0.05, 0) is 36.8 Å². The minimum atomic E-state index is -0.436. The van der Waals surface area contributed by atoms with Gasteiger partial charge in [0.05, 0.1) is 53.4 Å². The predicted octanol–water partition coefficient (Wildman–Crippen LogP) is 2.76. The van der Waals surface area contributed by atoms with E-state index in [1.165, 1.54) is 5.01 Å². The third kappa shape index (κ3) is 7.24. The molecule has 1 N–H and O–H groups in total. The van der Waals surface area contributed by atoms with Crippen LogP contribution in [0.3, 0.4) is 0 Å². The Balaban J connectivity index is 1.65. The molecule has 4 rings (SSSR count). The zero-order valence-electron chi connectivity index (χ0n) is 25.1. The second kappa shape index (κ2) is 14.7. The maximum absolute atomic E-state index is 14.0. The minimum absolute atomic E-state index is 0.128. The highest BCUT2D eigenvalue weighted by Crippen LogP contribution is 2.39. The molecule has 0 aliphatic carbocycles. The largest absolute Gasteiger partial charge is 0.497 e. The number of carbonyl (C=O) groups excluding carboxylic acids is 2. The van der Waals surface area contributed by atoms with E-state index >= 15 is 0 Å². The molecule has 0 saturated carbocycles. The van der Waals surface area contributed by atoms with Crippen LogP contribution < -0.4 is 24.3 Å². The van der Waals surface area contributed by atoms with E-state index in [0.29, 0.717) is 68.0 Å². The van der Waals surface area contributed by atoms with Crippen LogP contribution in [0.1, 0.15) is 30.5 Å². The summed E-state index contributed by atoms with van der Waals surface area (Å²) in [5.74, 6) is 2.07. The zero-order valence-corrected chi connectivity index (χ0v) is 25.1. The van der Waals surface area contributed by atoms with Gasteiger partial charge in [-0.15, -0.1) is 0 Å². The van der Waals surface area contributed by atoms with Crippen molar-refractivity contribution >= 4 is 17.6 Å². The van der Waals surface area contributed by atoms with Crippen molar-refractivity contribution in [2.75, 3.05) is 80.9 Å². The molecule has 1 atom stereocenters. The number of hydrogen-bond acceptors (Lipinski definition) is 9. The number of hydrazone groups is 1. The van der Waals surface area contributed by atoms with Crippen LogP contribution in [0.4, 0.5) is 4.79 Å². The van der Waals surface area contributed by atoms with E-state index in [1.807, 2.05) is 37.3 Å². The average Bonchev–Trinajstić information content (AvgIpc) is 3.48. The number of nitrogens with one attached hydrogen (secondary N) is 1. The van der Waals surface area contributed by atoms with Gasteiger partial charge in [0.25, 0.3) is 5.91 Å². The number of rotatable bonds is 12. The van der Waals surface area contributed by atoms with Crippen molar-refractivity contribution in [3.63, 3.8) is 0 Å². The number of hydrogen-bond donors (Lipinski definition) is 1. The molecular formula is C30H41N5O7. The number of ether oxygens (including phenoxy) is 5. The van der Waals surface area contributed by atoms with Crippen molar-refractivity contribution in [2.24, 2.45) is 5.10 Å². The fourth-order valence-corrected chi connectivity index (χ4v) is 5.10. The van der Waals surface area contributed by atoms with Gasteiger partial charge in [-0.3, -0.25) is 9.69 Å². The van der Waals surface area contributed by atoms with E-state index in [2.05, 4.69) is 10.2 Å². The van der Waals surface area contributed by atoms with Crippen LogP contribution in [0.5, 0.6) is 23.0 Å². The highest BCUT2D eigenvalue weighted by molar-refractivity contribution is 6.05. The van der Waals surface area contributed by atoms with Crippen LogP contribution >= 0.6 is 0 Å². The molecule has 0 unspecified atom stereocenters. The number of amides is 3. The van der Waals surface area contributed by atoms with Crippen molar-refractivity contribution in [1.29, 1.82) is 0 Å². The van der Waals surface area contributed by atoms with Gasteiger partial charge in [0.2, 0.25) is 0 Å². The van der Waals surface area contributed by atoms with Crippen molar-refractivity contribution in [2.45, 2.75) is 19.4 Å². The Labute approximate surface area is 247 Å². The summed E-state index contributed by atoms with van der Waals surface area (Å²) in [6, 6.07) is 10.3. The second-order valence-corrected chi connectivity index (χ2v) is 9.90. The van der Waals surface area contributed by atoms with Crippen molar-refractivity contribution < 1.29 is 33.3 Å². The van der Waals surface area contributed by atoms with Gasteiger partial charge in [-0.25, -0.2) is 9.80 Å². The fourth-order valence-electron chi connectivity index (χ4n) is 5.10. The Hall–Kier alpha value is -4.03. The SMILES string of the molecule is CCNC(=O)N(CCN1CCOCC1)CC(=O)N1N=C(c2ccc(OC)cc2OC)C[C@@H]1c1ccc(OC)c(OC)c1. The number of morpholine rings is 1. The van der Waals surface area contributed by atoms with Crippen LogP contribution in [-0.4, -0.2) is 113 Å². The van der Waals surface area contributed by atoms with Crippen molar-refractivity contribution in [3.05, 3.63) is 47.5 Å². The van der Waals surface area contributed by atoms with E-state index < -0.39 is 6.04 Å². The van der Waals surface area contributed by atoms with Crippen LogP contribution in [0, 0.1) is 0 Å². The van der Waals surface area contributed by atoms with Gasteiger partial charge in [0, 0.05) is 50.8 Å². The van der Waals surface area contributed by atoms with Crippen molar-refractivity contribution in [3.8, 4) is 23.0 Å². The first kappa shape index (κ1) is 30.9. The third-order valence-electron chi connectivity index (χ3n) is 7.41. The van der Waals surface area contributed by atoms with Crippen LogP contribution in [-0.2, 0) is 9.53 Å². The maximum Gasteiger partial charge on any atom is 0.317 e. The number of benzene rings is 2. The molecule has 0 aromatic heterocycles. The first-order valence-electron chi connectivity index (χ1n) is 14.1. The average molecular weight is 584 g/mol. The minimum Gasteiger partial charge on any atom is -0.497 e. The molecular weight excluding hydrogens is 542 g/mol. The first-order valence-corrected chi connectivity index (χ1v) is 14.1. The molecule has 42 heavy (non-hydrogen) atoms. The van der Waals surface area contributed by atoms with E-state index in [4.69, 9.17) is 28.8 Å². The molecule has 0 bridgehead atoms. The molecule has 12 nitrogen and oxygen atoms in total. The van der Waals surface area contributed by atoms with E-state index in [9.17, 15) is 9.59 Å². The van der Waals surface area contributed by atoms with Crippen LogP contribution in [0.15, 0.2) is 41.5 Å². The topological polar surface area (TPSA) is 114 Å². The zero-order chi connectivity index (χ0) is 30.1. The highest BCUT2D eigenvalue weighted by Gasteiger charge is 2.36. The summed E-state index contributed by atoms with van der Waals surface area (Å²) in [6.45, 7) is 6.13. The summed E-state index contributed by atoms with van der Waals surface area (Å²) in [5.41, 5.74) is 2.26. The Morgan fingerprint density at radius 3 is 2.38 bits per heavy atom. The molecule has 2 aliphatic heterocycles. The van der Waals surface area contributed by atoms with Gasteiger partial charge in [-0.1, -0.05) is 6.07 Å². The Morgan fingerprint density at radius 1 is 0.976 bits per heavy atom. The van der Waals surface area contributed by atoms with Crippen LogP contribution in [0.2, 0.25) is 0 Å². The lowest BCUT2D eigenvalue weighted by Crippen LogP contribution is -2.49.